The highest BCUT2D eigenvalue weighted by molar-refractivity contribution is 5.58. The van der Waals surface area contributed by atoms with Gasteiger partial charge in [-0.2, -0.15) is 0 Å². The van der Waals surface area contributed by atoms with Gasteiger partial charge < -0.3 is 11.1 Å². The van der Waals surface area contributed by atoms with Crippen LogP contribution in [0.15, 0.2) is 12.1 Å². The van der Waals surface area contributed by atoms with Crippen molar-refractivity contribution >= 4 is 5.69 Å². The van der Waals surface area contributed by atoms with Gasteiger partial charge in [-0.1, -0.05) is 17.7 Å². The number of nitrogens with two attached hydrogens (primary N) is 1. The third-order valence-electron chi connectivity index (χ3n) is 3.50. The minimum Gasteiger partial charge on any atom is -0.382 e. The number of rotatable bonds is 2. The molecule has 16 heavy (non-hydrogen) atoms. The summed E-state index contributed by atoms with van der Waals surface area (Å²) in [4.78, 5) is 0. The first-order valence-corrected chi connectivity index (χ1v) is 6.16. The summed E-state index contributed by atoms with van der Waals surface area (Å²) in [6, 6.07) is 5.44. The first kappa shape index (κ1) is 11.5. The predicted molar refractivity (Wildman–Crippen MR) is 69.9 cm³/mol. The van der Waals surface area contributed by atoms with Crippen LogP contribution in [0.4, 0.5) is 5.69 Å². The molecule has 88 valence electrons. The second kappa shape index (κ2) is 4.46. The zero-order valence-corrected chi connectivity index (χ0v) is 10.5. The SMILES string of the molecule is Cc1cc(C)c(NC2CCC(N)C2)c(C)c1. The number of nitrogens with one attached hydrogen (secondary N) is 1. The number of aryl methyl sites for hydroxylation is 3. The highest BCUT2D eigenvalue weighted by atomic mass is 14.9. The lowest BCUT2D eigenvalue weighted by molar-refractivity contribution is 0.687. The van der Waals surface area contributed by atoms with Crippen LogP contribution in [-0.4, -0.2) is 12.1 Å². The minimum atomic E-state index is 0.392. The molecule has 0 amide bonds. The summed E-state index contributed by atoms with van der Waals surface area (Å²) in [5.41, 5.74) is 11.3. The molecule has 0 radical (unpaired) electrons. The van der Waals surface area contributed by atoms with Crippen molar-refractivity contribution in [2.24, 2.45) is 5.73 Å². The van der Waals surface area contributed by atoms with Gasteiger partial charge in [0.25, 0.3) is 0 Å². The van der Waals surface area contributed by atoms with Gasteiger partial charge in [-0.3, -0.25) is 0 Å². The van der Waals surface area contributed by atoms with Gasteiger partial charge in [0.1, 0.15) is 0 Å². The quantitative estimate of drug-likeness (QED) is 0.801. The average Bonchev–Trinajstić information content (AvgIpc) is 2.58. The third kappa shape index (κ3) is 2.38. The summed E-state index contributed by atoms with van der Waals surface area (Å²) in [6.45, 7) is 6.50. The van der Waals surface area contributed by atoms with E-state index in [0.29, 0.717) is 12.1 Å². The standard InChI is InChI=1S/C14H22N2/c1-9-6-10(2)14(11(3)7-9)16-13-5-4-12(15)8-13/h6-7,12-13,16H,4-5,8,15H2,1-3H3. The monoisotopic (exact) mass is 218 g/mol. The largest absolute Gasteiger partial charge is 0.382 e. The van der Waals surface area contributed by atoms with Crippen molar-refractivity contribution in [1.82, 2.24) is 0 Å². The van der Waals surface area contributed by atoms with Crippen LogP contribution < -0.4 is 11.1 Å². The Hall–Kier alpha value is -1.02. The maximum Gasteiger partial charge on any atom is 0.0401 e. The smallest absolute Gasteiger partial charge is 0.0401 e. The molecule has 0 bridgehead atoms. The van der Waals surface area contributed by atoms with Crippen LogP contribution in [0.5, 0.6) is 0 Å². The summed E-state index contributed by atoms with van der Waals surface area (Å²) >= 11 is 0. The van der Waals surface area contributed by atoms with Crippen LogP contribution >= 0.6 is 0 Å². The molecule has 2 unspecified atom stereocenters. The van der Waals surface area contributed by atoms with E-state index >= 15 is 0 Å². The molecule has 0 saturated heterocycles. The molecule has 0 spiro atoms. The third-order valence-corrected chi connectivity index (χ3v) is 3.50. The molecule has 1 aromatic carbocycles. The van der Waals surface area contributed by atoms with Crippen molar-refractivity contribution in [2.75, 3.05) is 5.32 Å². The first-order valence-electron chi connectivity index (χ1n) is 6.16. The second-order valence-electron chi connectivity index (χ2n) is 5.19. The fraction of sp³-hybridized carbons (Fsp3) is 0.571. The lowest BCUT2D eigenvalue weighted by Crippen LogP contribution is -2.21. The van der Waals surface area contributed by atoms with Gasteiger partial charge in [0.15, 0.2) is 0 Å². The predicted octanol–water partition coefficient (Wildman–Crippen LogP) is 2.90. The zero-order valence-electron chi connectivity index (χ0n) is 10.5. The molecule has 0 aromatic heterocycles. The molecule has 0 aliphatic heterocycles. The Morgan fingerprint density at radius 1 is 1.12 bits per heavy atom. The summed E-state index contributed by atoms with van der Waals surface area (Å²) in [5.74, 6) is 0. The van der Waals surface area contributed by atoms with Crippen LogP contribution in [0.25, 0.3) is 0 Å². The maximum absolute atomic E-state index is 5.94. The van der Waals surface area contributed by atoms with E-state index < -0.39 is 0 Å². The van der Waals surface area contributed by atoms with Crippen LogP contribution in [0, 0.1) is 20.8 Å². The summed E-state index contributed by atoms with van der Waals surface area (Å²) in [6.07, 6.45) is 3.46. The van der Waals surface area contributed by atoms with E-state index in [1.54, 1.807) is 0 Å². The van der Waals surface area contributed by atoms with Gasteiger partial charge in [-0.25, -0.2) is 0 Å². The lowest BCUT2D eigenvalue weighted by atomic mass is 10.0. The van der Waals surface area contributed by atoms with Crippen LogP contribution in [0.1, 0.15) is 36.0 Å². The van der Waals surface area contributed by atoms with Gasteiger partial charge >= 0.3 is 0 Å². The zero-order chi connectivity index (χ0) is 11.7. The first-order chi connectivity index (χ1) is 7.56. The molecule has 1 saturated carbocycles. The van der Waals surface area contributed by atoms with Crippen LogP contribution in [0.2, 0.25) is 0 Å². The Morgan fingerprint density at radius 3 is 2.25 bits per heavy atom. The van der Waals surface area contributed by atoms with Crippen LogP contribution in [0.3, 0.4) is 0 Å². The fourth-order valence-corrected chi connectivity index (χ4v) is 2.76. The summed E-state index contributed by atoms with van der Waals surface area (Å²) in [5, 5.41) is 3.66. The number of hydrogen-bond acceptors (Lipinski definition) is 2. The van der Waals surface area contributed by atoms with E-state index in [4.69, 9.17) is 5.73 Å². The van der Waals surface area contributed by atoms with Gasteiger partial charge in [0.2, 0.25) is 0 Å². The summed E-state index contributed by atoms with van der Waals surface area (Å²) < 4.78 is 0. The normalized spacial score (nSPS) is 24.8. The van der Waals surface area contributed by atoms with E-state index in [2.05, 4.69) is 38.2 Å². The van der Waals surface area contributed by atoms with Crippen molar-refractivity contribution in [2.45, 2.75) is 52.1 Å². The molecule has 1 fully saturated rings. The molecule has 1 aliphatic rings. The summed E-state index contributed by atoms with van der Waals surface area (Å²) in [7, 11) is 0. The Bertz CT molecular complexity index is 361. The van der Waals surface area contributed by atoms with Crippen molar-refractivity contribution in [1.29, 1.82) is 0 Å². The molecule has 2 heteroatoms. The van der Waals surface area contributed by atoms with Crippen molar-refractivity contribution in [3.8, 4) is 0 Å². The van der Waals surface area contributed by atoms with Gasteiger partial charge in [-0.05, 0) is 51.2 Å². The highest BCUT2D eigenvalue weighted by Gasteiger charge is 2.22. The fourth-order valence-electron chi connectivity index (χ4n) is 2.76. The number of anilines is 1. The van der Waals surface area contributed by atoms with Gasteiger partial charge in [-0.15, -0.1) is 0 Å². The molecule has 1 aromatic rings. The Labute approximate surface area is 98.2 Å². The van der Waals surface area contributed by atoms with Crippen LogP contribution in [-0.2, 0) is 0 Å². The average molecular weight is 218 g/mol. The topological polar surface area (TPSA) is 38.0 Å². The molecule has 0 heterocycles. The second-order valence-corrected chi connectivity index (χ2v) is 5.19. The van der Waals surface area contributed by atoms with E-state index in [9.17, 15) is 0 Å². The van der Waals surface area contributed by atoms with E-state index in [1.807, 2.05) is 0 Å². The van der Waals surface area contributed by atoms with Gasteiger partial charge in [0, 0.05) is 17.8 Å². The number of hydrogen-bond donors (Lipinski definition) is 2. The van der Waals surface area contributed by atoms with Crippen molar-refractivity contribution < 1.29 is 0 Å². The van der Waals surface area contributed by atoms with Crippen molar-refractivity contribution in [3.63, 3.8) is 0 Å². The Morgan fingerprint density at radius 2 is 1.75 bits per heavy atom. The van der Waals surface area contributed by atoms with Gasteiger partial charge in [0.05, 0.1) is 0 Å². The lowest BCUT2D eigenvalue weighted by Gasteiger charge is -2.19. The molecule has 2 atom stereocenters. The number of benzene rings is 1. The molecular weight excluding hydrogens is 196 g/mol. The molecule has 1 aliphatic carbocycles. The van der Waals surface area contributed by atoms with E-state index in [-0.39, 0.29) is 0 Å². The molecule has 3 N–H and O–H groups in total. The van der Waals surface area contributed by atoms with E-state index in [1.165, 1.54) is 28.8 Å². The maximum atomic E-state index is 5.94. The Kier molecular flexibility index (Phi) is 3.20. The van der Waals surface area contributed by atoms with Crippen molar-refractivity contribution in [3.05, 3.63) is 28.8 Å². The Balaban J connectivity index is 2.15. The highest BCUT2D eigenvalue weighted by Crippen LogP contribution is 2.27. The molecule has 2 rings (SSSR count). The minimum absolute atomic E-state index is 0.392. The molecular formula is C14H22N2. The molecule has 2 nitrogen and oxygen atoms in total. The van der Waals surface area contributed by atoms with E-state index in [0.717, 1.165) is 12.8 Å².